The Morgan fingerprint density at radius 2 is 2.21 bits per heavy atom. The van der Waals surface area contributed by atoms with Crippen LogP contribution in [0.5, 0.6) is 0 Å². The number of rotatable bonds is 4. The van der Waals surface area contributed by atoms with E-state index in [2.05, 4.69) is 10.3 Å². The molecule has 8 heteroatoms. The van der Waals surface area contributed by atoms with E-state index in [0.29, 0.717) is 12.5 Å². The van der Waals surface area contributed by atoms with E-state index in [0.717, 1.165) is 12.0 Å². The van der Waals surface area contributed by atoms with Crippen molar-refractivity contribution in [3.05, 3.63) is 47.5 Å². The number of carbonyl (C=O) groups is 2. The molecule has 24 heavy (non-hydrogen) atoms. The molecule has 7 nitrogen and oxygen atoms in total. The fraction of sp³-hybridized carbons (Fsp3) is 0.375. The maximum absolute atomic E-state index is 13.5. The molecule has 2 atom stereocenters. The number of nitrogens with zero attached hydrogens (tertiary/aromatic N) is 4. The summed E-state index contributed by atoms with van der Waals surface area (Å²) in [6, 6.07) is 6.07. The third-order valence-electron chi connectivity index (χ3n) is 4.12. The smallest absolute Gasteiger partial charge is 0.358 e. The number of amides is 1. The highest BCUT2D eigenvalue weighted by Crippen LogP contribution is 2.35. The molecule has 1 fully saturated rings. The molecule has 1 aliphatic rings. The summed E-state index contributed by atoms with van der Waals surface area (Å²) in [5, 5.41) is 16.0. The summed E-state index contributed by atoms with van der Waals surface area (Å²) in [5.41, 5.74) is 0.553. The van der Waals surface area contributed by atoms with Gasteiger partial charge in [-0.1, -0.05) is 24.3 Å². The largest absolute Gasteiger partial charge is 0.476 e. The zero-order valence-corrected chi connectivity index (χ0v) is 13.1. The molecule has 0 radical (unpaired) electrons. The molecule has 2 aromatic rings. The van der Waals surface area contributed by atoms with Crippen molar-refractivity contribution in [1.29, 1.82) is 0 Å². The van der Waals surface area contributed by atoms with Crippen LogP contribution in [0.1, 0.15) is 35.4 Å². The highest BCUT2D eigenvalue weighted by atomic mass is 19.1. The average Bonchev–Trinajstić information content (AvgIpc) is 3.14. The van der Waals surface area contributed by atoms with Gasteiger partial charge >= 0.3 is 5.97 Å². The summed E-state index contributed by atoms with van der Waals surface area (Å²) in [6.07, 6.45) is 1.98. The normalized spacial score (nSPS) is 20.3. The quantitative estimate of drug-likeness (QED) is 0.921. The van der Waals surface area contributed by atoms with Crippen molar-refractivity contribution in [1.82, 2.24) is 19.9 Å². The van der Waals surface area contributed by atoms with Crippen LogP contribution in [0.25, 0.3) is 0 Å². The van der Waals surface area contributed by atoms with Crippen LogP contribution in [0.15, 0.2) is 30.5 Å². The zero-order chi connectivity index (χ0) is 17.3. The number of hydrogen-bond donors (Lipinski definition) is 1. The molecule has 2 heterocycles. The summed E-state index contributed by atoms with van der Waals surface area (Å²) in [5.74, 6) is -1.43. The minimum atomic E-state index is -1.19. The number of aromatic nitrogens is 3. The molecule has 1 aromatic carbocycles. The summed E-state index contributed by atoms with van der Waals surface area (Å²) < 4.78 is 14.7. The number of aromatic carboxylic acids is 1. The van der Waals surface area contributed by atoms with Crippen molar-refractivity contribution in [2.24, 2.45) is 5.92 Å². The van der Waals surface area contributed by atoms with Crippen molar-refractivity contribution in [3.63, 3.8) is 0 Å². The Morgan fingerprint density at radius 3 is 2.88 bits per heavy atom. The van der Waals surface area contributed by atoms with Crippen LogP contribution in [0.3, 0.4) is 0 Å². The lowest BCUT2D eigenvalue weighted by Crippen LogP contribution is -2.34. The average molecular weight is 332 g/mol. The molecule has 1 amide bonds. The Bertz CT molecular complexity index is 776. The monoisotopic (exact) mass is 332 g/mol. The van der Waals surface area contributed by atoms with Gasteiger partial charge in [-0.3, -0.25) is 4.79 Å². The van der Waals surface area contributed by atoms with E-state index >= 15 is 0 Å². The van der Waals surface area contributed by atoms with Gasteiger partial charge in [0.05, 0.1) is 12.2 Å². The highest BCUT2D eigenvalue weighted by Gasteiger charge is 2.34. The zero-order valence-electron chi connectivity index (χ0n) is 13.1. The summed E-state index contributed by atoms with van der Waals surface area (Å²) in [4.78, 5) is 25.1. The van der Waals surface area contributed by atoms with Crippen molar-refractivity contribution in [3.8, 4) is 0 Å². The van der Waals surface area contributed by atoms with Gasteiger partial charge < -0.3 is 10.0 Å². The topological polar surface area (TPSA) is 88.3 Å². The van der Waals surface area contributed by atoms with Gasteiger partial charge in [0.15, 0.2) is 5.69 Å². The lowest BCUT2D eigenvalue weighted by Gasteiger charge is -2.25. The van der Waals surface area contributed by atoms with Crippen LogP contribution >= 0.6 is 0 Å². The van der Waals surface area contributed by atoms with Crippen LogP contribution in [-0.4, -0.2) is 43.4 Å². The Balaban J connectivity index is 1.77. The van der Waals surface area contributed by atoms with E-state index < -0.39 is 5.97 Å². The molecule has 0 unspecified atom stereocenters. The number of carbonyl (C=O) groups excluding carboxylic acids is 1. The summed E-state index contributed by atoms with van der Waals surface area (Å²) in [6.45, 7) is 2.51. The van der Waals surface area contributed by atoms with Crippen molar-refractivity contribution < 1.29 is 19.1 Å². The van der Waals surface area contributed by atoms with E-state index in [4.69, 9.17) is 5.11 Å². The molecule has 0 spiro atoms. The molecule has 1 saturated heterocycles. The fourth-order valence-corrected chi connectivity index (χ4v) is 3.05. The maximum atomic E-state index is 13.5. The SMILES string of the molecule is C[C@@H]1C[C@H](c2cccc(F)c2)N(C(=O)Cn2cc(C(=O)O)nn2)C1. The van der Waals surface area contributed by atoms with E-state index in [-0.39, 0.29) is 30.0 Å². The Labute approximate surface area is 137 Å². The van der Waals surface area contributed by atoms with Gasteiger partial charge in [0.1, 0.15) is 12.4 Å². The number of halogens is 1. The molecular formula is C16H17FN4O3. The second kappa shape index (κ2) is 6.38. The van der Waals surface area contributed by atoms with Crippen LogP contribution in [0.2, 0.25) is 0 Å². The van der Waals surface area contributed by atoms with Crippen LogP contribution < -0.4 is 0 Å². The minimum absolute atomic E-state index is 0.0984. The fourth-order valence-electron chi connectivity index (χ4n) is 3.05. The predicted molar refractivity (Wildman–Crippen MR) is 81.6 cm³/mol. The number of hydrogen-bond acceptors (Lipinski definition) is 4. The molecule has 1 N–H and O–H groups in total. The van der Waals surface area contributed by atoms with Crippen LogP contribution in [0.4, 0.5) is 4.39 Å². The van der Waals surface area contributed by atoms with Crippen LogP contribution in [-0.2, 0) is 11.3 Å². The molecule has 1 aliphatic heterocycles. The number of carboxylic acids is 1. The van der Waals surface area contributed by atoms with E-state index in [1.807, 2.05) is 13.0 Å². The summed E-state index contributed by atoms with van der Waals surface area (Å²) in [7, 11) is 0. The number of carboxylic acid groups (broad SMARTS) is 1. The highest BCUT2D eigenvalue weighted by molar-refractivity contribution is 5.84. The van der Waals surface area contributed by atoms with Crippen molar-refractivity contribution in [2.75, 3.05) is 6.54 Å². The van der Waals surface area contributed by atoms with Gasteiger partial charge in [-0.15, -0.1) is 5.10 Å². The first-order chi connectivity index (χ1) is 11.4. The van der Waals surface area contributed by atoms with Crippen molar-refractivity contribution in [2.45, 2.75) is 25.9 Å². The molecule has 1 aromatic heterocycles. The standard InChI is InChI=1S/C16H17FN4O3/c1-10-5-14(11-3-2-4-12(17)6-11)21(7-10)15(22)9-20-8-13(16(23)24)18-19-20/h2-4,6,8,10,14H,5,7,9H2,1H3,(H,23,24)/t10-,14-/m1/s1. The first-order valence-corrected chi connectivity index (χ1v) is 7.62. The second-order valence-corrected chi connectivity index (χ2v) is 6.06. The second-order valence-electron chi connectivity index (χ2n) is 6.06. The third-order valence-corrected chi connectivity index (χ3v) is 4.12. The van der Waals surface area contributed by atoms with E-state index in [1.165, 1.54) is 23.0 Å². The first-order valence-electron chi connectivity index (χ1n) is 7.62. The first kappa shape index (κ1) is 16.1. The number of benzene rings is 1. The van der Waals surface area contributed by atoms with Crippen molar-refractivity contribution >= 4 is 11.9 Å². The van der Waals surface area contributed by atoms with Gasteiger partial charge in [0.2, 0.25) is 5.91 Å². The van der Waals surface area contributed by atoms with Crippen LogP contribution in [0, 0.1) is 11.7 Å². The molecule has 126 valence electrons. The lowest BCUT2D eigenvalue weighted by molar-refractivity contribution is -0.133. The molecule has 3 rings (SSSR count). The molecule has 0 saturated carbocycles. The minimum Gasteiger partial charge on any atom is -0.476 e. The molecule has 0 bridgehead atoms. The lowest BCUT2D eigenvalue weighted by atomic mass is 10.0. The molecular weight excluding hydrogens is 315 g/mol. The Morgan fingerprint density at radius 1 is 1.42 bits per heavy atom. The van der Waals surface area contributed by atoms with Gasteiger partial charge in [-0.25, -0.2) is 13.9 Å². The van der Waals surface area contributed by atoms with Gasteiger partial charge in [-0.2, -0.15) is 0 Å². The summed E-state index contributed by atoms with van der Waals surface area (Å²) >= 11 is 0. The van der Waals surface area contributed by atoms with E-state index in [9.17, 15) is 14.0 Å². The van der Waals surface area contributed by atoms with Gasteiger partial charge in [0, 0.05) is 6.54 Å². The number of likely N-dealkylation sites (tertiary alicyclic amines) is 1. The maximum Gasteiger partial charge on any atom is 0.358 e. The molecule has 0 aliphatic carbocycles. The Hall–Kier alpha value is -2.77. The van der Waals surface area contributed by atoms with Gasteiger partial charge in [-0.05, 0) is 30.0 Å². The van der Waals surface area contributed by atoms with Gasteiger partial charge in [0.25, 0.3) is 0 Å². The predicted octanol–water partition coefficient (Wildman–Crippen LogP) is 1.73. The van der Waals surface area contributed by atoms with E-state index in [1.54, 1.807) is 11.0 Å². The Kier molecular flexibility index (Phi) is 4.28. The third kappa shape index (κ3) is 3.27.